The van der Waals surface area contributed by atoms with E-state index < -0.39 is 0 Å². The highest BCUT2D eigenvalue weighted by atomic mass is 127. The number of aliphatic imine (C=N–C) groups is 1. The predicted octanol–water partition coefficient (Wildman–Crippen LogP) is 1.04. The lowest BCUT2D eigenvalue weighted by Crippen LogP contribution is -2.62. The smallest absolute Gasteiger partial charge is 0.194 e. The van der Waals surface area contributed by atoms with Gasteiger partial charge in [-0.2, -0.15) is 0 Å². The minimum Gasteiger partial charge on any atom is -0.357 e. The van der Waals surface area contributed by atoms with Crippen molar-refractivity contribution in [3.05, 3.63) is 24.0 Å². The van der Waals surface area contributed by atoms with E-state index in [1.165, 1.54) is 38.4 Å². The summed E-state index contributed by atoms with van der Waals surface area (Å²) >= 11 is 0. The molecule has 0 radical (unpaired) electrons. The molecule has 1 N–H and O–H groups in total. The second kappa shape index (κ2) is 9.05. The fourth-order valence-corrected chi connectivity index (χ4v) is 3.54. The Morgan fingerprint density at radius 3 is 2.62 bits per heavy atom. The normalized spacial score (nSPS) is 26.1. The maximum Gasteiger partial charge on any atom is 0.194 e. The van der Waals surface area contributed by atoms with Crippen LogP contribution in [0.3, 0.4) is 0 Å². The Morgan fingerprint density at radius 2 is 2.08 bits per heavy atom. The summed E-state index contributed by atoms with van der Waals surface area (Å²) in [5, 5.41) is 3.43. The Hall–Kier alpha value is -0.800. The number of nitrogens with one attached hydrogen (secondary N) is 1. The summed E-state index contributed by atoms with van der Waals surface area (Å²) in [6, 6.07) is 4.84. The van der Waals surface area contributed by atoms with Gasteiger partial charge in [0, 0.05) is 71.3 Å². The first-order valence-corrected chi connectivity index (χ1v) is 8.73. The van der Waals surface area contributed by atoms with Crippen LogP contribution in [-0.2, 0) is 13.6 Å². The second-order valence-corrected chi connectivity index (χ2v) is 6.65. The van der Waals surface area contributed by atoms with E-state index in [2.05, 4.69) is 63.9 Å². The molecule has 0 aliphatic carbocycles. The summed E-state index contributed by atoms with van der Waals surface area (Å²) in [4.78, 5) is 12.3. The lowest BCUT2D eigenvalue weighted by atomic mass is 10.1. The third-order valence-electron chi connectivity index (χ3n) is 4.99. The van der Waals surface area contributed by atoms with Gasteiger partial charge in [-0.1, -0.05) is 0 Å². The Kier molecular flexibility index (Phi) is 7.36. The molecule has 2 bridgehead atoms. The third kappa shape index (κ3) is 4.64. The van der Waals surface area contributed by atoms with Crippen molar-refractivity contribution >= 4 is 29.9 Å². The zero-order valence-electron chi connectivity index (χ0n) is 15.1. The highest BCUT2D eigenvalue weighted by molar-refractivity contribution is 14.0. The van der Waals surface area contributed by atoms with E-state index in [1.807, 2.05) is 0 Å². The van der Waals surface area contributed by atoms with Gasteiger partial charge in [0.15, 0.2) is 5.96 Å². The van der Waals surface area contributed by atoms with Gasteiger partial charge in [-0.15, -0.1) is 24.0 Å². The lowest BCUT2D eigenvalue weighted by Gasteiger charge is -2.47. The van der Waals surface area contributed by atoms with Crippen molar-refractivity contribution < 1.29 is 0 Å². The standard InChI is InChI=1S/C17H30N6.HI/c1-4-18-17(21(3)13-15-6-5-7-20(15)2)19-12-16-14-22-8-10-23(16)11-9-22;/h5-7,16H,4,8-14H2,1-3H3,(H,18,19);1H. The zero-order valence-corrected chi connectivity index (χ0v) is 17.4. The van der Waals surface area contributed by atoms with E-state index in [9.17, 15) is 0 Å². The fourth-order valence-electron chi connectivity index (χ4n) is 3.54. The molecule has 3 aliphatic heterocycles. The molecule has 3 saturated heterocycles. The molecule has 136 valence electrons. The van der Waals surface area contributed by atoms with Crippen LogP contribution in [0.15, 0.2) is 23.3 Å². The van der Waals surface area contributed by atoms with Gasteiger partial charge in [0.2, 0.25) is 0 Å². The summed E-state index contributed by atoms with van der Waals surface area (Å²) < 4.78 is 2.17. The quantitative estimate of drug-likeness (QED) is 0.417. The van der Waals surface area contributed by atoms with Gasteiger partial charge < -0.3 is 14.8 Å². The van der Waals surface area contributed by atoms with Gasteiger partial charge in [-0.25, -0.2) is 0 Å². The van der Waals surface area contributed by atoms with Crippen LogP contribution in [0.2, 0.25) is 0 Å². The molecule has 0 saturated carbocycles. The van der Waals surface area contributed by atoms with Crippen molar-refractivity contribution in [3.63, 3.8) is 0 Å². The topological polar surface area (TPSA) is 39.0 Å². The Balaban J connectivity index is 0.00000208. The molecule has 7 heteroatoms. The first-order chi connectivity index (χ1) is 11.2. The van der Waals surface area contributed by atoms with Crippen molar-refractivity contribution in [1.29, 1.82) is 0 Å². The zero-order chi connectivity index (χ0) is 16.2. The maximum absolute atomic E-state index is 4.92. The number of rotatable bonds is 5. The van der Waals surface area contributed by atoms with Gasteiger partial charge in [-0.3, -0.25) is 14.8 Å². The number of fused-ring (bicyclic) bond motifs is 3. The molecule has 3 fully saturated rings. The van der Waals surface area contributed by atoms with E-state index in [1.54, 1.807) is 0 Å². The summed E-state index contributed by atoms with van der Waals surface area (Å²) in [7, 11) is 4.21. The highest BCUT2D eigenvalue weighted by Crippen LogP contribution is 2.15. The number of nitrogens with zero attached hydrogens (tertiary/aromatic N) is 5. The van der Waals surface area contributed by atoms with Gasteiger partial charge in [0.1, 0.15) is 0 Å². The molecular formula is C17H31IN6. The van der Waals surface area contributed by atoms with Gasteiger partial charge >= 0.3 is 0 Å². The number of piperazine rings is 3. The van der Waals surface area contributed by atoms with Crippen LogP contribution in [0.5, 0.6) is 0 Å². The number of guanidine groups is 1. The average molecular weight is 446 g/mol. The Morgan fingerprint density at radius 1 is 1.33 bits per heavy atom. The predicted molar refractivity (Wildman–Crippen MR) is 110 cm³/mol. The minimum atomic E-state index is 0. The van der Waals surface area contributed by atoms with Crippen LogP contribution < -0.4 is 5.32 Å². The fraction of sp³-hybridized carbons (Fsp3) is 0.706. The van der Waals surface area contributed by atoms with Crippen molar-refractivity contribution in [1.82, 2.24) is 24.6 Å². The largest absolute Gasteiger partial charge is 0.357 e. The van der Waals surface area contributed by atoms with Crippen LogP contribution in [-0.4, -0.2) is 84.1 Å². The second-order valence-electron chi connectivity index (χ2n) is 6.65. The Bertz CT molecular complexity index is 535. The van der Waals surface area contributed by atoms with Crippen molar-refractivity contribution in [2.75, 3.05) is 52.9 Å². The van der Waals surface area contributed by atoms with E-state index in [0.717, 1.165) is 25.6 Å². The lowest BCUT2D eigenvalue weighted by molar-refractivity contribution is 0.0173. The molecule has 6 nitrogen and oxygen atoms in total. The molecule has 3 aliphatic rings. The van der Waals surface area contributed by atoms with E-state index in [4.69, 9.17) is 4.99 Å². The molecule has 0 aromatic carbocycles. The molecule has 0 amide bonds. The molecule has 1 atom stereocenters. The van der Waals surface area contributed by atoms with Crippen LogP contribution in [0.1, 0.15) is 12.6 Å². The summed E-state index contributed by atoms with van der Waals surface area (Å²) in [6.07, 6.45) is 2.09. The van der Waals surface area contributed by atoms with Gasteiger partial charge in [0.25, 0.3) is 0 Å². The van der Waals surface area contributed by atoms with Crippen LogP contribution in [0.4, 0.5) is 0 Å². The number of aryl methyl sites for hydroxylation is 1. The third-order valence-corrected chi connectivity index (χ3v) is 4.99. The van der Waals surface area contributed by atoms with Crippen LogP contribution in [0, 0.1) is 0 Å². The molecule has 1 aromatic rings. The average Bonchev–Trinajstić information content (AvgIpc) is 2.97. The van der Waals surface area contributed by atoms with Crippen molar-refractivity contribution in [2.24, 2.45) is 12.0 Å². The first kappa shape index (κ1) is 19.5. The molecule has 4 heterocycles. The minimum absolute atomic E-state index is 0. The molecule has 0 spiro atoms. The van der Waals surface area contributed by atoms with Crippen LogP contribution >= 0.6 is 24.0 Å². The Labute approximate surface area is 162 Å². The first-order valence-electron chi connectivity index (χ1n) is 8.73. The molecular weight excluding hydrogens is 415 g/mol. The molecule has 24 heavy (non-hydrogen) atoms. The monoisotopic (exact) mass is 446 g/mol. The van der Waals surface area contributed by atoms with Gasteiger partial charge in [-0.05, 0) is 19.1 Å². The maximum atomic E-state index is 4.92. The molecule has 4 rings (SSSR count). The number of hydrogen-bond acceptors (Lipinski definition) is 3. The summed E-state index contributed by atoms with van der Waals surface area (Å²) in [5.41, 5.74) is 1.30. The van der Waals surface area contributed by atoms with Crippen molar-refractivity contribution in [2.45, 2.75) is 19.5 Å². The number of halogens is 1. The van der Waals surface area contributed by atoms with Crippen molar-refractivity contribution in [3.8, 4) is 0 Å². The summed E-state index contributed by atoms with van der Waals surface area (Å²) in [6.45, 7) is 10.8. The van der Waals surface area contributed by atoms with E-state index in [0.29, 0.717) is 6.04 Å². The van der Waals surface area contributed by atoms with E-state index in [-0.39, 0.29) is 24.0 Å². The summed E-state index contributed by atoms with van der Waals surface area (Å²) in [5.74, 6) is 1.01. The SMILES string of the molecule is CCNC(=NCC1CN2CCN1CC2)N(C)Cc1cccn1C.I. The molecule has 1 aromatic heterocycles. The molecule has 1 unspecified atom stereocenters. The number of aromatic nitrogens is 1. The van der Waals surface area contributed by atoms with Crippen LogP contribution in [0.25, 0.3) is 0 Å². The van der Waals surface area contributed by atoms with E-state index >= 15 is 0 Å². The highest BCUT2D eigenvalue weighted by Gasteiger charge is 2.31. The number of hydrogen-bond donors (Lipinski definition) is 1. The van der Waals surface area contributed by atoms with Gasteiger partial charge in [0.05, 0.1) is 13.1 Å².